The first kappa shape index (κ1) is 20.3. The lowest BCUT2D eigenvalue weighted by atomic mass is 9.97. The first-order valence-electron chi connectivity index (χ1n) is 9.68. The minimum atomic E-state index is -1.43. The molecular weight excluding hydrogens is 396 g/mol. The van der Waals surface area contributed by atoms with E-state index in [1.165, 1.54) is 19.1 Å². The van der Waals surface area contributed by atoms with Crippen molar-refractivity contribution in [1.29, 1.82) is 0 Å². The highest BCUT2D eigenvalue weighted by atomic mass is 16.5. The quantitative estimate of drug-likeness (QED) is 0.686. The van der Waals surface area contributed by atoms with Crippen LogP contribution in [0.3, 0.4) is 0 Å². The van der Waals surface area contributed by atoms with E-state index in [0.717, 1.165) is 5.56 Å². The van der Waals surface area contributed by atoms with E-state index in [4.69, 9.17) is 9.47 Å². The van der Waals surface area contributed by atoms with E-state index < -0.39 is 12.1 Å². The number of carbonyl (C=O) groups is 2. The first-order valence-corrected chi connectivity index (χ1v) is 9.68. The van der Waals surface area contributed by atoms with Crippen molar-refractivity contribution in [3.8, 4) is 11.5 Å². The van der Waals surface area contributed by atoms with Crippen LogP contribution in [0.1, 0.15) is 38.0 Å². The van der Waals surface area contributed by atoms with E-state index in [1.807, 2.05) is 37.3 Å². The summed E-state index contributed by atoms with van der Waals surface area (Å²) in [6.45, 7) is 1.95. The highest BCUT2D eigenvalue weighted by Crippen LogP contribution is 2.42. The molecule has 1 aliphatic rings. The highest BCUT2D eigenvalue weighted by molar-refractivity contribution is 6.12. The molecule has 0 saturated carbocycles. The summed E-state index contributed by atoms with van der Waals surface area (Å²) in [5.41, 5.74) is 2.92. The second kappa shape index (κ2) is 8.02. The van der Waals surface area contributed by atoms with Gasteiger partial charge in [-0.05, 0) is 37.3 Å². The van der Waals surface area contributed by atoms with Gasteiger partial charge in [-0.2, -0.15) is 0 Å². The number of nitrogens with one attached hydrogen (secondary N) is 1. The summed E-state index contributed by atoms with van der Waals surface area (Å²) in [4.78, 5) is 27.2. The maximum atomic E-state index is 13.5. The molecule has 0 aromatic heterocycles. The lowest BCUT2D eigenvalue weighted by Gasteiger charge is -2.39. The average Bonchev–Trinajstić information content (AvgIpc) is 2.78. The van der Waals surface area contributed by atoms with Crippen LogP contribution in [0, 0.1) is 6.92 Å². The van der Waals surface area contributed by atoms with E-state index in [9.17, 15) is 14.7 Å². The highest BCUT2D eigenvalue weighted by Gasteiger charge is 2.36. The molecule has 7 heteroatoms. The fraction of sp³-hybridized carbons (Fsp3) is 0.167. The topological polar surface area (TPSA) is 90.9 Å². The number of anilines is 2. The molecule has 1 N–H and O–H groups in total. The van der Waals surface area contributed by atoms with Crippen LogP contribution in [0.4, 0.5) is 11.4 Å². The van der Waals surface area contributed by atoms with E-state index in [2.05, 4.69) is 5.32 Å². The number of para-hydroxylation sites is 1. The van der Waals surface area contributed by atoms with Crippen LogP contribution < -0.4 is 24.8 Å². The number of hydrogen-bond acceptors (Lipinski definition) is 6. The molecule has 0 fully saturated rings. The van der Waals surface area contributed by atoms with Gasteiger partial charge in [0.1, 0.15) is 6.17 Å². The number of aromatic carboxylic acids is 1. The Labute approximate surface area is 179 Å². The molecule has 1 aliphatic heterocycles. The van der Waals surface area contributed by atoms with Gasteiger partial charge in [-0.25, -0.2) is 0 Å². The Kier molecular flexibility index (Phi) is 5.25. The number of benzene rings is 3. The zero-order valence-electron chi connectivity index (χ0n) is 17.3. The van der Waals surface area contributed by atoms with Crippen molar-refractivity contribution < 1.29 is 24.2 Å². The zero-order chi connectivity index (χ0) is 22.1. The minimum Gasteiger partial charge on any atom is -0.545 e. The number of rotatable bonds is 5. The number of aryl methyl sites for hydroxylation is 1. The molecule has 0 saturated heterocycles. The largest absolute Gasteiger partial charge is 0.545 e. The molecule has 4 rings (SSSR count). The Morgan fingerprint density at radius 2 is 1.71 bits per heavy atom. The minimum absolute atomic E-state index is 0.0389. The summed E-state index contributed by atoms with van der Waals surface area (Å²) in [6, 6.07) is 17.8. The lowest BCUT2D eigenvalue weighted by Crippen LogP contribution is -2.44. The lowest BCUT2D eigenvalue weighted by molar-refractivity contribution is -0.255. The first-order chi connectivity index (χ1) is 15.0. The fourth-order valence-electron chi connectivity index (χ4n) is 3.82. The number of nitrogens with zero attached hydrogens (tertiary/aromatic N) is 1. The second-order valence-corrected chi connectivity index (χ2v) is 7.16. The summed E-state index contributed by atoms with van der Waals surface area (Å²) in [5, 5.41) is 15.5. The molecule has 1 amide bonds. The van der Waals surface area contributed by atoms with Gasteiger partial charge in [-0.3, -0.25) is 9.69 Å². The van der Waals surface area contributed by atoms with Gasteiger partial charge in [0.25, 0.3) is 5.91 Å². The van der Waals surface area contributed by atoms with Crippen LogP contribution in [0.5, 0.6) is 11.5 Å². The third-order valence-electron chi connectivity index (χ3n) is 5.32. The van der Waals surface area contributed by atoms with Gasteiger partial charge < -0.3 is 24.7 Å². The third-order valence-corrected chi connectivity index (χ3v) is 5.32. The molecule has 1 atom stereocenters. The number of fused-ring (bicyclic) bond motifs is 1. The molecule has 0 bridgehead atoms. The maximum Gasteiger partial charge on any atom is 0.262 e. The Morgan fingerprint density at radius 1 is 1.00 bits per heavy atom. The predicted molar refractivity (Wildman–Crippen MR) is 115 cm³/mol. The van der Waals surface area contributed by atoms with E-state index in [1.54, 1.807) is 30.3 Å². The normalized spacial score (nSPS) is 15.1. The van der Waals surface area contributed by atoms with Crippen molar-refractivity contribution in [2.75, 3.05) is 24.4 Å². The average molecular weight is 417 g/mol. The van der Waals surface area contributed by atoms with Gasteiger partial charge >= 0.3 is 0 Å². The number of hydrogen-bond donors (Lipinski definition) is 1. The number of methoxy groups -OCH3 is 2. The Bertz CT molecular complexity index is 1160. The molecule has 0 spiro atoms. The van der Waals surface area contributed by atoms with Gasteiger partial charge in [0.15, 0.2) is 11.5 Å². The van der Waals surface area contributed by atoms with Crippen molar-refractivity contribution in [2.45, 2.75) is 13.1 Å². The number of amides is 1. The van der Waals surface area contributed by atoms with Crippen molar-refractivity contribution >= 4 is 23.3 Å². The SMILES string of the molecule is COc1ccc([C@@H]2Nc3ccccc3C(=O)N2c2ccc(C)cc2)c(C(=O)[O-])c1OC. The van der Waals surface area contributed by atoms with Gasteiger partial charge in [0.05, 0.1) is 31.3 Å². The van der Waals surface area contributed by atoms with Crippen LogP contribution in [-0.4, -0.2) is 26.1 Å². The van der Waals surface area contributed by atoms with Gasteiger partial charge in [0, 0.05) is 16.9 Å². The summed E-state index contributed by atoms with van der Waals surface area (Å²) >= 11 is 0. The smallest absolute Gasteiger partial charge is 0.262 e. The molecule has 31 heavy (non-hydrogen) atoms. The van der Waals surface area contributed by atoms with Crippen molar-refractivity contribution in [1.82, 2.24) is 0 Å². The van der Waals surface area contributed by atoms with Gasteiger partial charge in [-0.15, -0.1) is 0 Å². The number of carboxylic acids is 1. The van der Waals surface area contributed by atoms with Crippen LogP contribution in [0.2, 0.25) is 0 Å². The van der Waals surface area contributed by atoms with E-state index in [0.29, 0.717) is 22.5 Å². The number of carboxylic acid groups (broad SMARTS) is 1. The predicted octanol–water partition coefficient (Wildman–Crippen LogP) is 3.15. The monoisotopic (exact) mass is 417 g/mol. The van der Waals surface area contributed by atoms with Crippen molar-refractivity contribution in [3.63, 3.8) is 0 Å². The molecule has 3 aromatic carbocycles. The Hall–Kier alpha value is -4.00. The van der Waals surface area contributed by atoms with E-state index in [-0.39, 0.29) is 23.0 Å². The molecule has 1 heterocycles. The summed E-state index contributed by atoms with van der Waals surface area (Å²) in [5.74, 6) is -1.38. The van der Waals surface area contributed by atoms with Crippen LogP contribution in [0.25, 0.3) is 0 Å². The number of carbonyl (C=O) groups excluding carboxylic acids is 2. The summed E-state index contributed by atoms with van der Waals surface area (Å²) in [7, 11) is 2.79. The molecule has 158 valence electrons. The maximum absolute atomic E-state index is 13.5. The standard InChI is InChI=1S/C24H22N2O5/c1-14-8-10-15(11-9-14)26-22(25-18-7-5-4-6-16(18)23(26)27)17-12-13-19(30-2)21(31-3)20(17)24(28)29/h4-13,22,25H,1-3H3,(H,28,29)/p-1/t22-/m1/s1. The molecular formula is C24H21N2O5-. The van der Waals surface area contributed by atoms with Crippen molar-refractivity contribution in [3.05, 3.63) is 82.9 Å². The second-order valence-electron chi connectivity index (χ2n) is 7.16. The van der Waals surface area contributed by atoms with Crippen LogP contribution >= 0.6 is 0 Å². The molecule has 0 radical (unpaired) electrons. The molecule has 0 unspecified atom stereocenters. The number of ether oxygens (including phenoxy) is 2. The molecule has 0 aliphatic carbocycles. The molecule has 7 nitrogen and oxygen atoms in total. The van der Waals surface area contributed by atoms with Gasteiger partial charge in [-0.1, -0.05) is 35.9 Å². The van der Waals surface area contributed by atoms with E-state index >= 15 is 0 Å². The molecule has 3 aromatic rings. The Balaban J connectivity index is 1.96. The summed E-state index contributed by atoms with van der Waals surface area (Å²) in [6.07, 6.45) is -0.808. The third kappa shape index (κ3) is 3.44. The van der Waals surface area contributed by atoms with Crippen LogP contribution in [-0.2, 0) is 0 Å². The fourth-order valence-corrected chi connectivity index (χ4v) is 3.82. The van der Waals surface area contributed by atoms with Crippen molar-refractivity contribution in [2.24, 2.45) is 0 Å². The van der Waals surface area contributed by atoms with Gasteiger partial charge in [0.2, 0.25) is 0 Å². The summed E-state index contributed by atoms with van der Waals surface area (Å²) < 4.78 is 10.6. The Morgan fingerprint density at radius 3 is 2.35 bits per heavy atom. The zero-order valence-corrected chi connectivity index (χ0v) is 17.3. The van der Waals surface area contributed by atoms with Crippen LogP contribution in [0.15, 0.2) is 60.7 Å².